The van der Waals surface area contributed by atoms with Crippen molar-refractivity contribution in [2.45, 2.75) is 129 Å². The first-order valence-electron chi connectivity index (χ1n) is 15.3. The first-order chi connectivity index (χ1) is 17.7. The summed E-state index contributed by atoms with van der Waals surface area (Å²) in [5.41, 5.74) is 2.71. The van der Waals surface area contributed by atoms with Crippen LogP contribution in [0.3, 0.4) is 0 Å². The first kappa shape index (κ1) is 28.2. The van der Waals surface area contributed by atoms with Gasteiger partial charge in [0, 0.05) is 31.3 Å². The van der Waals surface area contributed by atoms with Gasteiger partial charge in [-0.1, -0.05) is 57.9 Å². The molecule has 1 aromatic rings. The Hall–Kier alpha value is -1.84. The summed E-state index contributed by atoms with van der Waals surface area (Å²) in [6.45, 7) is 6.42. The number of ketones is 1. The number of nitrogens with zero attached hydrogens (tertiary/aromatic N) is 1. The molecule has 4 nitrogen and oxygen atoms in total. The van der Waals surface area contributed by atoms with E-state index in [1.807, 2.05) is 24.1 Å². The van der Waals surface area contributed by atoms with Crippen LogP contribution in [0.2, 0.25) is 0 Å². The molecule has 3 aliphatic rings. The minimum atomic E-state index is -0.106. The van der Waals surface area contributed by atoms with E-state index in [0.717, 1.165) is 38.5 Å². The lowest BCUT2D eigenvalue weighted by molar-refractivity contribution is -0.132. The molecule has 0 saturated heterocycles. The van der Waals surface area contributed by atoms with Crippen LogP contribution in [0.25, 0.3) is 0 Å². The minimum absolute atomic E-state index is 0.106. The number of phenols is 1. The van der Waals surface area contributed by atoms with Crippen LogP contribution in [0.15, 0.2) is 18.2 Å². The smallest absolute Gasteiger partial charge is 0.222 e. The average Bonchev–Trinajstić information content (AvgIpc) is 3.17. The summed E-state index contributed by atoms with van der Waals surface area (Å²) in [5, 5.41) is 10.1. The number of rotatable bonds is 12. The number of phenolic OH excluding ortho intramolecular Hbond substituents is 1. The van der Waals surface area contributed by atoms with Gasteiger partial charge in [-0.25, -0.2) is 0 Å². The van der Waals surface area contributed by atoms with Gasteiger partial charge in [0.15, 0.2) is 0 Å². The molecule has 0 aliphatic heterocycles. The maximum Gasteiger partial charge on any atom is 0.222 e. The second kappa shape index (κ2) is 12.3. The zero-order valence-electron chi connectivity index (χ0n) is 23.9. The lowest BCUT2D eigenvalue weighted by Crippen LogP contribution is -2.46. The van der Waals surface area contributed by atoms with Crippen LogP contribution in [0.5, 0.6) is 5.75 Å². The third kappa shape index (κ3) is 6.25. The third-order valence-electron chi connectivity index (χ3n) is 10.4. The van der Waals surface area contributed by atoms with Gasteiger partial charge >= 0.3 is 0 Å². The van der Waals surface area contributed by atoms with Crippen molar-refractivity contribution >= 4 is 11.7 Å². The molecular formula is C33H51NO3. The van der Waals surface area contributed by atoms with Gasteiger partial charge in [-0.3, -0.25) is 9.59 Å². The largest absolute Gasteiger partial charge is 0.508 e. The van der Waals surface area contributed by atoms with E-state index in [2.05, 4.69) is 26.8 Å². The summed E-state index contributed by atoms with van der Waals surface area (Å²) in [5.74, 6) is 3.50. The summed E-state index contributed by atoms with van der Waals surface area (Å²) < 4.78 is 0. The molecule has 0 radical (unpaired) electrons. The summed E-state index contributed by atoms with van der Waals surface area (Å²) in [6, 6.07) is 6.36. The minimum Gasteiger partial charge on any atom is -0.508 e. The molecule has 0 heterocycles. The molecule has 37 heavy (non-hydrogen) atoms. The fourth-order valence-corrected chi connectivity index (χ4v) is 8.13. The van der Waals surface area contributed by atoms with Gasteiger partial charge in [-0.05, 0) is 99.3 Å². The number of carbonyl (C=O) groups excluding carboxylic acids is 2. The van der Waals surface area contributed by atoms with Gasteiger partial charge < -0.3 is 10.0 Å². The van der Waals surface area contributed by atoms with Crippen molar-refractivity contribution in [1.82, 2.24) is 4.90 Å². The summed E-state index contributed by atoms with van der Waals surface area (Å²) >= 11 is 0. The topological polar surface area (TPSA) is 57.6 Å². The van der Waals surface area contributed by atoms with Gasteiger partial charge in [0.1, 0.15) is 11.5 Å². The van der Waals surface area contributed by atoms with E-state index >= 15 is 0 Å². The van der Waals surface area contributed by atoms with Crippen LogP contribution >= 0.6 is 0 Å². The van der Waals surface area contributed by atoms with Crippen LogP contribution in [-0.2, 0) is 16.0 Å². The summed E-state index contributed by atoms with van der Waals surface area (Å²) in [7, 11) is 1.91. The van der Waals surface area contributed by atoms with Crippen LogP contribution in [0.1, 0.15) is 128 Å². The molecule has 0 aromatic heterocycles. The SMILES string of the molecule is CC(C)N(C)C(=O)CCCCCCCCCC[C@H]1C[C@]2(C)C(=O)CC[C@H]2[C@@H]2CCc3cc(O)ccc3[C@@H]12. The molecule has 1 amide bonds. The van der Waals surface area contributed by atoms with Gasteiger partial charge in [0.05, 0.1) is 0 Å². The number of aromatic hydroxyl groups is 1. The Bertz CT molecular complexity index is 939. The van der Waals surface area contributed by atoms with E-state index in [1.165, 1.54) is 62.5 Å². The third-order valence-corrected chi connectivity index (χ3v) is 10.4. The number of fused-ring (bicyclic) bond motifs is 5. The monoisotopic (exact) mass is 509 g/mol. The molecule has 4 rings (SSSR count). The van der Waals surface area contributed by atoms with Crippen LogP contribution in [-0.4, -0.2) is 34.8 Å². The van der Waals surface area contributed by atoms with E-state index in [9.17, 15) is 14.7 Å². The van der Waals surface area contributed by atoms with Crippen LogP contribution in [0.4, 0.5) is 0 Å². The fraction of sp³-hybridized carbons (Fsp3) is 0.758. The lowest BCUT2D eigenvalue weighted by atomic mass is 9.51. The van der Waals surface area contributed by atoms with Gasteiger partial charge in [0.2, 0.25) is 5.91 Å². The molecule has 4 heteroatoms. The standard InChI is InChI=1S/C33H51NO3/c1-23(2)34(4)31(37)14-12-10-8-6-5-7-9-11-13-25-22-33(3)29(19-20-30(33)36)28-17-15-24-21-26(35)16-18-27(24)32(25)28/h16,18,21,23,25,28-29,32,35H,5-15,17,19-20,22H2,1-4H3/t25-,28-,29-,32+,33-/m0/s1. The van der Waals surface area contributed by atoms with Gasteiger partial charge in [-0.15, -0.1) is 0 Å². The molecule has 206 valence electrons. The van der Waals surface area contributed by atoms with E-state index in [0.29, 0.717) is 41.6 Å². The van der Waals surface area contributed by atoms with Crippen molar-refractivity contribution in [3.05, 3.63) is 29.3 Å². The zero-order valence-corrected chi connectivity index (χ0v) is 23.9. The Morgan fingerprint density at radius 3 is 2.41 bits per heavy atom. The van der Waals surface area contributed by atoms with E-state index < -0.39 is 0 Å². The second-order valence-electron chi connectivity index (χ2n) is 13.0. The second-order valence-corrected chi connectivity index (χ2v) is 13.0. The molecule has 2 saturated carbocycles. The van der Waals surface area contributed by atoms with E-state index in [1.54, 1.807) is 0 Å². The highest BCUT2D eigenvalue weighted by molar-refractivity contribution is 5.87. The number of aryl methyl sites for hydroxylation is 1. The highest BCUT2D eigenvalue weighted by Gasteiger charge is 2.57. The average molecular weight is 510 g/mol. The number of hydrogen-bond acceptors (Lipinski definition) is 3. The predicted octanol–water partition coefficient (Wildman–Crippen LogP) is 7.81. The fourth-order valence-electron chi connectivity index (χ4n) is 8.13. The molecule has 1 N–H and O–H groups in total. The Kier molecular flexibility index (Phi) is 9.40. The predicted molar refractivity (Wildman–Crippen MR) is 151 cm³/mol. The van der Waals surface area contributed by atoms with Gasteiger partial charge in [-0.2, -0.15) is 0 Å². The maximum absolute atomic E-state index is 13.0. The number of unbranched alkanes of at least 4 members (excludes halogenated alkanes) is 7. The Morgan fingerprint density at radius 1 is 1.03 bits per heavy atom. The summed E-state index contributed by atoms with van der Waals surface area (Å²) in [6.07, 6.45) is 16.8. The van der Waals surface area contributed by atoms with E-state index in [-0.39, 0.29) is 17.4 Å². The molecule has 0 unspecified atom stereocenters. The highest BCUT2D eigenvalue weighted by atomic mass is 16.3. The molecular weight excluding hydrogens is 458 g/mol. The number of carbonyl (C=O) groups is 2. The highest BCUT2D eigenvalue weighted by Crippen LogP contribution is 2.62. The number of hydrogen-bond donors (Lipinski definition) is 1. The van der Waals surface area contributed by atoms with Crippen LogP contribution < -0.4 is 0 Å². The quantitative estimate of drug-likeness (QED) is 0.292. The van der Waals surface area contributed by atoms with Crippen molar-refractivity contribution < 1.29 is 14.7 Å². The zero-order chi connectivity index (χ0) is 26.6. The van der Waals surface area contributed by atoms with Crippen molar-refractivity contribution in [3.8, 4) is 5.75 Å². The number of Topliss-reactive ketones (excluding diaryl/α,β-unsaturated/α-hetero) is 1. The van der Waals surface area contributed by atoms with Crippen molar-refractivity contribution in [1.29, 1.82) is 0 Å². The first-order valence-corrected chi connectivity index (χ1v) is 15.3. The molecule has 3 aliphatic carbocycles. The molecule has 5 atom stereocenters. The van der Waals surface area contributed by atoms with Crippen molar-refractivity contribution in [3.63, 3.8) is 0 Å². The van der Waals surface area contributed by atoms with Crippen molar-refractivity contribution in [2.75, 3.05) is 7.05 Å². The number of benzene rings is 1. The van der Waals surface area contributed by atoms with Crippen LogP contribution in [0, 0.1) is 23.2 Å². The molecule has 2 fully saturated rings. The lowest BCUT2D eigenvalue weighted by Gasteiger charge is -2.52. The maximum atomic E-state index is 13.0. The van der Waals surface area contributed by atoms with Crippen molar-refractivity contribution in [2.24, 2.45) is 23.2 Å². The molecule has 0 spiro atoms. The Balaban J connectivity index is 1.22. The Labute approximate surface area is 225 Å². The Morgan fingerprint density at radius 2 is 1.70 bits per heavy atom. The van der Waals surface area contributed by atoms with E-state index in [4.69, 9.17) is 0 Å². The normalized spacial score (nSPS) is 28.6. The molecule has 0 bridgehead atoms. The summed E-state index contributed by atoms with van der Waals surface area (Å²) in [4.78, 5) is 27.0. The molecule has 1 aromatic carbocycles. The number of amides is 1. The van der Waals surface area contributed by atoms with Gasteiger partial charge in [0.25, 0.3) is 0 Å².